The predicted octanol–water partition coefficient (Wildman–Crippen LogP) is 4.02. The number of methoxy groups -OCH3 is 1. The first kappa shape index (κ1) is 18.8. The molecular formula is C23H21N3O3S. The number of rotatable bonds is 4. The predicted molar refractivity (Wildman–Crippen MR) is 117 cm³/mol. The molecule has 5 rings (SSSR count). The Bertz CT molecular complexity index is 1120. The summed E-state index contributed by atoms with van der Waals surface area (Å²) in [5.41, 5.74) is 3.58. The van der Waals surface area contributed by atoms with Gasteiger partial charge in [-0.3, -0.25) is 14.9 Å². The van der Waals surface area contributed by atoms with Gasteiger partial charge in [0.15, 0.2) is 5.13 Å². The van der Waals surface area contributed by atoms with E-state index in [9.17, 15) is 9.59 Å². The fourth-order valence-corrected chi connectivity index (χ4v) is 5.22. The number of carbonyl (C=O) groups excluding carboxylic acids is 2. The summed E-state index contributed by atoms with van der Waals surface area (Å²) in [5, 5.41) is 3.41. The summed E-state index contributed by atoms with van der Waals surface area (Å²) in [6, 6.07) is 15.0. The molecule has 1 aromatic heterocycles. The summed E-state index contributed by atoms with van der Waals surface area (Å²) in [5.74, 6) is 0.345. The normalized spacial score (nSPS) is 16.8. The zero-order valence-electron chi connectivity index (χ0n) is 16.6. The van der Waals surface area contributed by atoms with Crippen molar-refractivity contribution in [1.82, 2.24) is 4.98 Å². The van der Waals surface area contributed by atoms with Crippen molar-refractivity contribution in [2.24, 2.45) is 0 Å². The monoisotopic (exact) mass is 419 g/mol. The maximum atomic E-state index is 13.3. The van der Waals surface area contributed by atoms with Crippen LogP contribution in [0.1, 0.15) is 38.8 Å². The van der Waals surface area contributed by atoms with Crippen LogP contribution in [0.3, 0.4) is 0 Å². The van der Waals surface area contributed by atoms with Gasteiger partial charge in [0.2, 0.25) is 5.91 Å². The second-order valence-corrected chi connectivity index (χ2v) is 8.55. The lowest BCUT2D eigenvalue weighted by Gasteiger charge is -2.21. The molecular weight excluding hydrogens is 398 g/mol. The van der Waals surface area contributed by atoms with Crippen molar-refractivity contribution in [3.05, 3.63) is 70.2 Å². The van der Waals surface area contributed by atoms with Gasteiger partial charge in [-0.15, -0.1) is 11.3 Å². The molecule has 0 bridgehead atoms. The minimum Gasteiger partial charge on any atom is -0.497 e. The van der Waals surface area contributed by atoms with E-state index in [1.54, 1.807) is 31.4 Å². The average Bonchev–Trinajstić information content (AvgIpc) is 3.47. The molecule has 0 radical (unpaired) electrons. The number of amides is 2. The van der Waals surface area contributed by atoms with Gasteiger partial charge in [-0.25, -0.2) is 4.98 Å². The molecule has 2 heterocycles. The van der Waals surface area contributed by atoms with Crippen LogP contribution in [0.2, 0.25) is 0 Å². The Morgan fingerprint density at radius 3 is 2.73 bits per heavy atom. The van der Waals surface area contributed by atoms with E-state index in [1.165, 1.54) is 16.9 Å². The lowest BCUT2D eigenvalue weighted by molar-refractivity contribution is -0.120. The van der Waals surface area contributed by atoms with Gasteiger partial charge >= 0.3 is 0 Å². The van der Waals surface area contributed by atoms with Gasteiger partial charge in [0, 0.05) is 22.7 Å². The molecule has 1 atom stereocenters. The van der Waals surface area contributed by atoms with Crippen LogP contribution < -0.4 is 15.0 Å². The first-order valence-corrected chi connectivity index (χ1v) is 10.8. The maximum absolute atomic E-state index is 13.3. The number of fused-ring (bicyclic) bond motifs is 2. The van der Waals surface area contributed by atoms with E-state index >= 15 is 0 Å². The van der Waals surface area contributed by atoms with Crippen molar-refractivity contribution in [3.63, 3.8) is 0 Å². The van der Waals surface area contributed by atoms with E-state index < -0.39 is 0 Å². The minimum atomic E-state index is -0.242. The fourth-order valence-electron chi connectivity index (χ4n) is 4.19. The van der Waals surface area contributed by atoms with Crippen LogP contribution in [-0.4, -0.2) is 30.5 Å². The highest BCUT2D eigenvalue weighted by molar-refractivity contribution is 7.16. The van der Waals surface area contributed by atoms with E-state index in [0.717, 1.165) is 42.1 Å². The van der Waals surface area contributed by atoms with Crippen LogP contribution in [0, 0.1) is 0 Å². The maximum Gasteiger partial charge on any atom is 0.257 e. The number of hydrogen-bond donors (Lipinski definition) is 1. The lowest BCUT2D eigenvalue weighted by Crippen LogP contribution is -2.33. The highest BCUT2D eigenvalue weighted by Gasteiger charge is 2.37. The Labute approximate surface area is 178 Å². The molecule has 0 saturated carbocycles. The van der Waals surface area contributed by atoms with Gasteiger partial charge in [0.05, 0.1) is 18.7 Å². The van der Waals surface area contributed by atoms with Gasteiger partial charge in [-0.05, 0) is 55.2 Å². The Hall–Kier alpha value is -3.19. The van der Waals surface area contributed by atoms with Gasteiger partial charge in [-0.2, -0.15) is 0 Å². The van der Waals surface area contributed by atoms with E-state index in [-0.39, 0.29) is 17.7 Å². The number of hydrogen-bond acceptors (Lipinski definition) is 5. The molecule has 6 nitrogen and oxygen atoms in total. The number of nitrogens with zero attached hydrogens (tertiary/aromatic N) is 2. The summed E-state index contributed by atoms with van der Waals surface area (Å²) in [6.07, 6.45) is 2.48. The van der Waals surface area contributed by atoms with Gasteiger partial charge in [-0.1, -0.05) is 18.2 Å². The Morgan fingerprint density at radius 1 is 1.13 bits per heavy atom. The lowest BCUT2D eigenvalue weighted by atomic mass is 10.1. The van der Waals surface area contributed by atoms with E-state index in [2.05, 4.69) is 16.4 Å². The number of anilines is 2. The minimum absolute atomic E-state index is 0.108. The zero-order valence-corrected chi connectivity index (χ0v) is 17.4. The number of aryl methyl sites for hydroxylation is 1. The highest BCUT2D eigenvalue weighted by Crippen LogP contribution is 2.41. The third kappa shape index (κ3) is 3.25. The van der Waals surface area contributed by atoms with Crippen LogP contribution >= 0.6 is 11.3 Å². The van der Waals surface area contributed by atoms with Crippen molar-refractivity contribution >= 4 is 34.0 Å². The van der Waals surface area contributed by atoms with Crippen LogP contribution in [0.5, 0.6) is 5.75 Å². The number of benzene rings is 2. The standard InChI is InChI=1S/C23H21N3O3S/c1-29-16-8-6-15(7-9-16)21(27)25-23-24-20-17(10-11-19(20)30-23)22(28)26-13-12-14-4-2-3-5-18(14)26/h2-9,17H,10-13H2,1H3,(H,24,25,27)/t17-/m1/s1. The largest absolute Gasteiger partial charge is 0.497 e. The first-order valence-electron chi connectivity index (χ1n) is 9.98. The topological polar surface area (TPSA) is 71.5 Å². The molecule has 2 amide bonds. The van der Waals surface area contributed by atoms with Crippen LogP contribution in [0.15, 0.2) is 48.5 Å². The summed E-state index contributed by atoms with van der Waals surface area (Å²) >= 11 is 1.46. The zero-order chi connectivity index (χ0) is 20.7. The molecule has 1 aliphatic heterocycles. The van der Waals surface area contributed by atoms with Crippen molar-refractivity contribution in [3.8, 4) is 5.75 Å². The number of ether oxygens (including phenoxy) is 1. The second kappa shape index (κ2) is 7.57. The summed E-state index contributed by atoms with van der Waals surface area (Å²) in [4.78, 5) is 33.4. The van der Waals surface area contributed by atoms with Crippen molar-refractivity contribution < 1.29 is 14.3 Å². The van der Waals surface area contributed by atoms with Crippen LogP contribution in [0.4, 0.5) is 10.8 Å². The molecule has 0 fully saturated rings. The summed E-state index contributed by atoms with van der Waals surface area (Å²) in [6.45, 7) is 0.717. The summed E-state index contributed by atoms with van der Waals surface area (Å²) < 4.78 is 5.13. The Balaban J connectivity index is 1.33. The highest BCUT2D eigenvalue weighted by atomic mass is 32.1. The Kier molecular flexibility index (Phi) is 4.75. The quantitative estimate of drug-likeness (QED) is 0.693. The average molecular weight is 420 g/mol. The molecule has 3 aromatic rings. The first-order chi connectivity index (χ1) is 14.6. The number of thiazole rings is 1. The van der Waals surface area contributed by atoms with Crippen LogP contribution in [-0.2, 0) is 17.6 Å². The van der Waals surface area contributed by atoms with E-state index in [4.69, 9.17) is 4.74 Å². The molecule has 2 aliphatic rings. The molecule has 2 aromatic carbocycles. The Morgan fingerprint density at radius 2 is 1.93 bits per heavy atom. The number of para-hydroxylation sites is 1. The van der Waals surface area contributed by atoms with Gasteiger partial charge in [0.25, 0.3) is 5.91 Å². The third-order valence-corrected chi connectivity index (χ3v) is 6.79. The SMILES string of the molecule is COc1ccc(C(=O)Nc2nc3c(s2)CC[C@H]3C(=O)N2CCc3ccccc32)cc1. The third-order valence-electron chi connectivity index (χ3n) is 5.74. The fraction of sp³-hybridized carbons (Fsp3) is 0.261. The van der Waals surface area contributed by atoms with E-state index in [0.29, 0.717) is 16.4 Å². The second-order valence-electron chi connectivity index (χ2n) is 7.47. The van der Waals surface area contributed by atoms with E-state index in [1.807, 2.05) is 23.1 Å². The van der Waals surface area contributed by atoms with Crippen molar-refractivity contribution in [1.29, 1.82) is 0 Å². The molecule has 0 spiro atoms. The van der Waals surface area contributed by atoms with Crippen molar-refractivity contribution in [2.75, 3.05) is 23.9 Å². The molecule has 30 heavy (non-hydrogen) atoms. The molecule has 7 heteroatoms. The van der Waals surface area contributed by atoms with Crippen LogP contribution in [0.25, 0.3) is 0 Å². The number of nitrogens with one attached hydrogen (secondary N) is 1. The van der Waals surface area contributed by atoms with Gasteiger partial charge < -0.3 is 9.64 Å². The number of carbonyl (C=O) groups is 2. The molecule has 1 aliphatic carbocycles. The van der Waals surface area contributed by atoms with Gasteiger partial charge in [0.1, 0.15) is 5.75 Å². The smallest absolute Gasteiger partial charge is 0.257 e. The summed E-state index contributed by atoms with van der Waals surface area (Å²) in [7, 11) is 1.59. The van der Waals surface area contributed by atoms with Crippen molar-refractivity contribution in [2.45, 2.75) is 25.2 Å². The molecule has 0 unspecified atom stereocenters. The number of aromatic nitrogens is 1. The molecule has 1 N–H and O–H groups in total. The molecule has 152 valence electrons. The molecule has 0 saturated heterocycles.